The second-order valence-corrected chi connectivity index (χ2v) is 7.43. The third kappa shape index (κ3) is 4.11. The lowest BCUT2D eigenvalue weighted by Crippen LogP contribution is -2.09. The van der Waals surface area contributed by atoms with Crippen LogP contribution in [0, 0.1) is 5.92 Å². The molecule has 142 valence electrons. The zero-order chi connectivity index (χ0) is 19.2. The van der Waals surface area contributed by atoms with Crippen molar-refractivity contribution in [3.8, 4) is 11.3 Å². The molecule has 0 saturated heterocycles. The van der Waals surface area contributed by atoms with E-state index in [1.165, 1.54) is 32.1 Å². The first-order valence-corrected chi connectivity index (χ1v) is 10.1. The van der Waals surface area contributed by atoms with Gasteiger partial charge in [-0.25, -0.2) is 0 Å². The second-order valence-electron chi connectivity index (χ2n) is 7.43. The number of hydrogen-bond acceptors (Lipinski definition) is 4. The van der Waals surface area contributed by atoms with Crippen molar-refractivity contribution in [3.05, 3.63) is 66.6 Å². The second kappa shape index (κ2) is 8.79. The van der Waals surface area contributed by atoms with Crippen molar-refractivity contribution in [2.24, 2.45) is 16.6 Å². The van der Waals surface area contributed by atoms with E-state index < -0.39 is 0 Å². The van der Waals surface area contributed by atoms with E-state index in [1.807, 2.05) is 30.7 Å². The molecule has 0 aliphatic heterocycles. The molecule has 0 bridgehead atoms. The summed E-state index contributed by atoms with van der Waals surface area (Å²) in [7, 11) is 0. The Hall–Kier alpha value is -3.01. The molecule has 1 saturated carbocycles. The van der Waals surface area contributed by atoms with Crippen molar-refractivity contribution in [2.45, 2.75) is 32.1 Å². The van der Waals surface area contributed by atoms with Gasteiger partial charge in [0.25, 0.3) is 0 Å². The lowest BCUT2D eigenvalue weighted by molar-refractivity contribution is 0.367. The number of aromatic nitrogens is 2. The molecular formula is C24H26N4. The van der Waals surface area contributed by atoms with Gasteiger partial charge in [-0.3, -0.25) is 15.0 Å². The molecule has 4 heteroatoms. The molecule has 1 aliphatic rings. The minimum absolute atomic E-state index is 0.712. The lowest BCUT2D eigenvalue weighted by Gasteiger charge is -2.19. The van der Waals surface area contributed by atoms with E-state index in [1.54, 1.807) is 6.20 Å². The smallest absolute Gasteiger partial charge is 0.0782 e. The van der Waals surface area contributed by atoms with Crippen molar-refractivity contribution in [1.29, 1.82) is 0 Å². The molecule has 0 radical (unpaired) electrons. The van der Waals surface area contributed by atoms with Gasteiger partial charge < -0.3 is 5.73 Å². The summed E-state index contributed by atoms with van der Waals surface area (Å²) in [4.78, 5) is 13.8. The lowest BCUT2D eigenvalue weighted by atomic mass is 9.89. The molecule has 1 fully saturated rings. The van der Waals surface area contributed by atoms with E-state index in [-0.39, 0.29) is 0 Å². The van der Waals surface area contributed by atoms with Crippen LogP contribution in [0.15, 0.2) is 66.1 Å². The minimum atomic E-state index is 0.712. The van der Waals surface area contributed by atoms with Gasteiger partial charge in [0, 0.05) is 53.4 Å². The van der Waals surface area contributed by atoms with Crippen molar-refractivity contribution < 1.29 is 0 Å². The SMILES string of the molecule is N/C=C(\C=NCC1CCCCC1)c1cccnc1-c1ccc2cccnc2c1. The highest BCUT2D eigenvalue weighted by Gasteiger charge is 2.13. The molecule has 4 nitrogen and oxygen atoms in total. The predicted octanol–water partition coefficient (Wildman–Crippen LogP) is 5.25. The van der Waals surface area contributed by atoms with Gasteiger partial charge >= 0.3 is 0 Å². The molecule has 0 spiro atoms. The highest BCUT2D eigenvalue weighted by atomic mass is 14.7. The van der Waals surface area contributed by atoms with E-state index in [9.17, 15) is 0 Å². The Balaban J connectivity index is 1.61. The first kappa shape index (κ1) is 18.4. The predicted molar refractivity (Wildman–Crippen MR) is 117 cm³/mol. The maximum atomic E-state index is 5.97. The molecule has 1 aliphatic carbocycles. The van der Waals surface area contributed by atoms with Crippen LogP contribution in [0.3, 0.4) is 0 Å². The Morgan fingerprint density at radius 2 is 1.86 bits per heavy atom. The van der Waals surface area contributed by atoms with E-state index >= 15 is 0 Å². The first-order chi connectivity index (χ1) is 13.8. The molecule has 28 heavy (non-hydrogen) atoms. The maximum absolute atomic E-state index is 5.97. The Kier molecular flexibility index (Phi) is 5.76. The summed E-state index contributed by atoms with van der Waals surface area (Å²) in [5.74, 6) is 0.712. The third-order valence-electron chi connectivity index (χ3n) is 5.50. The summed E-state index contributed by atoms with van der Waals surface area (Å²) >= 11 is 0. The average molecular weight is 371 g/mol. The summed E-state index contributed by atoms with van der Waals surface area (Å²) in [6.45, 7) is 0.882. The molecule has 2 heterocycles. The number of rotatable bonds is 5. The number of pyridine rings is 2. The van der Waals surface area contributed by atoms with Gasteiger partial charge in [0.15, 0.2) is 0 Å². The normalized spacial score (nSPS) is 16.1. The maximum Gasteiger partial charge on any atom is 0.0782 e. The van der Waals surface area contributed by atoms with Gasteiger partial charge in [0.1, 0.15) is 0 Å². The zero-order valence-electron chi connectivity index (χ0n) is 16.1. The van der Waals surface area contributed by atoms with Crippen molar-refractivity contribution in [3.63, 3.8) is 0 Å². The van der Waals surface area contributed by atoms with Crippen LogP contribution >= 0.6 is 0 Å². The Bertz CT molecular complexity index is 1000. The minimum Gasteiger partial charge on any atom is -0.404 e. The number of benzene rings is 1. The molecule has 4 rings (SSSR count). The molecule has 1 aromatic carbocycles. The van der Waals surface area contributed by atoms with Crippen LogP contribution in [0.25, 0.3) is 27.7 Å². The molecule has 3 aromatic rings. The summed E-state index contributed by atoms with van der Waals surface area (Å²) in [5, 5.41) is 1.12. The van der Waals surface area contributed by atoms with E-state index in [0.717, 1.165) is 39.8 Å². The summed E-state index contributed by atoms with van der Waals surface area (Å²) in [6.07, 6.45) is 13.8. The van der Waals surface area contributed by atoms with Crippen LogP contribution in [-0.4, -0.2) is 22.7 Å². The van der Waals surface area contributed by atoms with Crippen LogP contribution in [-0.2, 0) is 0 Å². The topological polar surface area (TPSA) is 64.2 Å². The Morgan fingerprint density at radius 1 is 1.04 bits per heavy atom. The number of nitrogens with two attached hydrogens (primary N) is 1. The van der Waals surface area contributed by atoms with Gasteiger partial charge in [-0.2, -0.15) is 0 Å². The van der Waals surface area contributed by atoms with E-state index in [2.05, 4.69) is 40.3 Å². The number of allylic oxidation sites excluding steroid dienone is 1. The molecule has 2 N–H and O–H groups in total. The van der Waals surface area contributed by atoms with Gasteiger partial charge in [0.05, 0.1) is 11.2 Å². The zero-order valence-corrected chi connectivity index (χ0v) is 16.1. The number of fused-ring (bicyclic) bond motifs is 1. The van der Waals surface area contributed by atoms with Crippen molar-refractivity contribution in [2.75, 3.05) is 6.54 Å². The van der Waals surface area contributed by atoms with Gasteiger partial charge in [-0.1, -0.05) is 43.5 Å². The monoisotopic (exact) mass is 370 g/mol. The highest BCUT2D eigenvalue weighted by Crippen LogP contribution is 2.28. The first-order valence-electron chi connectivity index (χ1n) is 10.1. The fraction of sp³-hybridized carbons (Fsp3) is 0.292. The van der Waals surface area contributed by atoms with Crippen molar-refractivity contribution in [1.82, 2.24) is 9.97 Å². The fourth-order valence-electron chi connectivity index (χ4n) is 3.95. The Morgan fingerprint density at radius 3 is 2.71 bits per heavy atom. The van der Waals surface area contributed by atoms with Crippen LogP contribution in [0.5, 0.6) is 0 Å². The molecule has 0 atom stereocenters. The van der Waals surface area contributed by atoms with Gasteiger partial charge in [-0.05, 0) is 37.0 Å². The summed E-state index contributed by atoms with van der Waals surface area (Å²) < 4.78 is 0. The molecule has 0 amide bonds. The standard InChI is InChI=1S/C24H26N4/c25-15-21(17-26-16-18-6-2-1-3-7-18)22-9-5-13-28-24(22)20-11-10-19-8-4-12-27-23(19)14-20/h4-5,8-15,17-18H,1-3,6-7,16,25H2/b21-15+,26-17?. The summed E-state index contributed by atoms with van der Waals surface area (Å²) in [6, 6.07) is 14.3. The number of aliphatic imine (C=N–C) groups is 1. The van der Waals surface area contributed by atoms with Gasteiger partial charge in [0.2, 0.25) is 0 Å². The van der Waals surface area contributed by atoms with Crippen molar-refractivity contribution >= 4 is 22.7 Å². The molecule has 0 unspecified atom stereocenters. The number of hydrogen-bond donors (Lipinski definition) is 1. The largest absolute Gasteiger partial charge is 0.404 e. The van der Waals surface area contributed by atoms with Crippen LogP contribution in [0.2, 0.25) is 0 Å². The third-order valence-corrected chi connectivity index (χ3v) is 5.50. The van der Waals surface area contributed by atoms with E-state index in [0.29, 0.717) is 5.92 Å². The molecular weight excluding hydrogens is 344 g/mol. The summed E-state index contributed by atoms with van der Waals surface area (Å²) in [5.41, 5.74) is 10.8. The number of nitrogens with zero attached hydrogens (tertiary/aromatic N) is 3. The average Bonchev–Trinajstić information content (AvgIpc) is 2.77. The highest BCUT2D eigenvalue weighted by molar-refractivity contribution is 6.11. The molecule has 2 aromatic heterocycles. The van der Waals surface area contributed by atoms with Gasteiger partial charge in [-0.15, -0.1) is 0 Å². The van der Waals surface area contributed by atoms with Crippen LogP contribution in [0.4, 0.5) is 0 Å². The van der Waals surface area contributed by atoms with Crippen LogP contribution in [0.1, 0.15) is 37.7 Å². The Labute approximate surface area is 166 Å². The van der Waals surface area contributed by atoms with E-state index in [4.69, 9.17) is 10.7 Å². The fourth-order valence-corrected chi connectivity index (χ4v) is 3.95. The van der Waals surface area contributed by atoms with Crippen LogP contribution < -0.4 is 5.73 Å². The quantitative estimate of drug-likeness (QED) is 0.624.